The van der Waals surface area contributed by atoms with Crippen LogP contribution in [0.5, 0.6) is 0 Å². The molecular formula is C19H20N4O3. The van der Waals surface area contributed by atoms with Gasteiger partial charge in [0.25, 0.3) is 5.91 Å². The summed E-state index contributed by atoms with van der Waals surface area (Å²) >= 11 is 0. The van der Waals surface area contributed by atoms with E-state index in [-0.39, 0.29) is 11.9 Å². The number of carbonyl (C=O) groups excluding carboxylic acids is 2. The van der Waals surface area contributed by atoms with Crippen LogP contribution >= 0.6 is 0 Å². The van der Waals surface area contributed by atoms with Gasteiger partial charge in [-0.25, -0.2) is 9.50 Å². The minimum Gasteiger partial charge on any atom is -0.469 e. The highest BCUT2D eigenvalue weighted by Gasteiger charge is 2.15. The van der Waals surface area contributed by atoms with Crippen molar-refractivity contribution in [3.63, 3.8) is 0 Å². The molecule has 0 radical (unpaired) electrons. The van der Waals surface area contributed by atoms with Crippen molar-refractivity contribution >= 4 is 17.5 Å². The number of fused-ring (bicyclic) bond motifs is 1. The molecule has 1 amide bonds. The lowest BCUT2D eigenvalue weighted by Crippen LogP contribution is -2.24. The Kier molecular flexibility index (Phi) is 5.58. The molecule has 0 unspecified atom stereocenters. The summed E-state index contributed by atoms with van der Waals surface area (Å²) in [5, 5.41) is 7.17. The summed E-state index contributed by atoms with van der Waals surface area (Å²) in [5.41, 5.74) is 2.81. The van der Waals surface area contributed by atoms with Crippen LogP contribution in [-0.4, -0.2) is 40.1 Å². The molecule has 0 saturated carbocycles. The van der Waals surface area contributed by atoms with Crippen molar-refractivity contribution in [2.75, 3.05) is 13.7 Å². The SMILES string of the molecule is COC(=O)CCCCNC(=O)c1cnn2c(-c3ccccc3)ccnc12. The molecule has 0 fully saturated rings. The number of benzene rings is 1. The molecule has 26 heavy (non-hydrogen) atoms. The van der Waals surface area contributed by atoms with E-state index in [1.54, 1.807) is 10.7 Å². The van der Waals surface area contributed by atoms with Crippen LogP contribution in [0, 0.1) is 0 Å². The molecule has 7 nitrogen and oxygen atoms in total. The molecule has 0 atom stereocenters. The lowest BCUT2D eigenvalue weighted by Gasteiger charge is -2.06. The molecule has 0 aliphatic carbocycles. The van der Waals surface area contributed by atoms with Crippen molar-refractivity contribution in [2.24, 2.45) is 0 Å². The van der Waals surface area contributed by atoms with E-state index in [0.717, 1.165) is 11.3 Å². The topological polar surface area (TPSA) is 85.6 Å². The fourth-order valence-electron chi connectivity index (χ4n) is 2.67. The zero-order valence-electron chi connectivity index (χ0n) is 14.5. The molecule has 0 spiro atoms. The Bertz CT molecular complexity index is 906. The number of aromatic nitrogens is 3. The first-order valence-corrected chi connectivity index (χ1v) is 8.44. The highest BCUT2D eigenvalue weighted by molar-refractivity contribution is 5.99. The molecule has 3 aromatic rings. The van der Waals surface area contributed by atoms with Gasteiger partial charge >= 0.3 is 5.97 Å². The fraction of sp³-hybridized carbons (Fsp3) is 0.263. The third-order valence-corrected chi connectivity index (χ3v) is 4.04. The summed E-state index contributed by atoms with van der Waals surface area (Å²) in [6, 6.07) is 11.7. The van der Waals surface area contributed by atoms with Gasteiger partial charge < -0.3 is 10.1 Å². The van der Waals surface area contributed by atoms with Gasteiger partial charge in [-0.15, -0.1) is 0 Å². The van der Waals surface area contributed by atoms with Gasteiger partial charge in [-0.1, -0.05) is 30.3 Å². The lowest BCUT2D eigenvalue weighted by molar-refractivity contribution is -0.140. The molecule has 1 N–H and O–H groups in total. The highest BCUT2D eigenvalue weighted by atomic mass is 16.5. The Morgan fingerprint density at radius 1 is 1.15 bits per heavy atom. The second-order valence-electron chi connectivity index (χ2n) is 5.78. The van der Waals surface area contributed by atoms with Crippen molar-refractivity contribution < 1.29 is 14.3 Å². The van der Waals surface area contributed by atoms with Gasteiger partial charge in [0.1, 0.15) is 5.56 Å². The summed E-state index contributed by atoms with van der Waals surface area (Å²) in [4.78, 5) is 27.8. The van der Waals surface area contributed by atoms with E-state index in [0.29, 0.717) is 37.0 Å². The number of nitrogens with one attached hydrogen (secondary N) is 1. The molecule has 134 valence electrons. The second-order valence-corrected chi connectivity index (χ2v) is 5.78. The van der Waals surface area contributed by atoms with Crippen LogP contribution in [0.2, 0.25) is 0 Å². The molecule has 3 rings (SSSR count). The minimum atomic E-state index is -0.239. The van der Waals surface area contributed by atoms with Crippen LogP contribution in [0.1, 0.15) is 29.6 Å². The van der Waals surface area contributed by atoms with Crippen molar-refractivity contribution in [1.82, 2.24) is 19.9 Å². The van der Waals surface area contributed by atoms with Crippen molar-refractivity contribution in [1.29, 1.82) is 0 Å². The Morgan fingerprint density at radius 2 is 1.96 bits per heavy atom. The maximum atomic E-state index is 12.4. The van der Waals surface area contributed by atoms with E-state index in [4.69, 9.17) is 0 Å². The number of rotatable bonds is 7. The number of unbranched alkanes of at least 4 members (excludes halogenated alkanes) is 1. The maximum absolute atomic E-state index is 12.4. The molecular weight excluding hydrogens is 332 g/mol. The van der Waals surface area contributed by atoms with Gasteiger partial charge in [0.05, 0.1) is 19.0 Å². The summed E-state index contributed by atoms with van der Waals surface area (Å²) < 4.78 is 6.26. The quantitative estimate of drug-likeness (QED) is 0.521. The van der Waals surface area contributed by atoms with E-state index in [9.17, 15) is 9.59 Å². The summed E-state index contributed by atoms with van der Waals surface area (Å²) in [6.07, 6.45) is 4.91. The minimum absolute atomic E-state index is 0.226. The standard InChI is InChI=1S/C19H20N4O3/c1-26-17(24)9-5-6-11-21-19(25)15-13-22-23-16(10-12-20-18(15)23)14-7-3-2-4-8-14/h2-4,7-8,10,12-13H,5-6,9,11H2,1H3,(H,21,25). The Hall–Kier alpha value is -3.22. The summed E-state index contributed by atoms with van der Waals surface area (Å²) in [7, 11) is 1.37. The average molecular weight is 352 g/mol. The lowest BCUT2D eigenvalue weighted by atomic mass is 10.1. The van der Waals surface area contributed by atoms with Crippen LogP contribution in [0.25, 0.3) is 16.9 Å². The van der Waals surface area contributed by atoms with Crippen molar-refractivity contribution in [3.05, 3.63) is 54.4 Å². The van der Waals surface area contributed by atoms with Crippen molar-refractivity contribution in [3.8, 4) is 11.3 Å². The Labute approximate surface area is 151 Å². The largest absolute Gasteiger partial charge is 0.469 e. The summed E-state index contributed by atoms with van der Waals surface area (Å²) in [6.45, 7) is 0.478. The van der Waals surface area contributed by atoms with Crippen molar-refractivity contribution in [2.45, 2.75) is 19.3 Å². The molecule has 2 aromatic heterocycles. The molecule has 0 bridgehead atoms. The number of amides is 1. The second kappa shape index (κ2) is 8.24. The predicted molar refractivity (Wildman–Crippen MR) is 96.6 cm³/mol. The Morgan fingerprint density at radius 3 is 2.73 bits per heavy atom. The first-order chi connectivity index (χ1) is 12.7. The third kappa shape index (κ3) is 3.88. The van der Waals surface area contributed by atoms with E-state index in [1.807, 2.05) is 36.4 Å². The number of esters is 1. The van der Waals surface area contributed by atoms with Crippen LogP contribution in [-0.2, 0) is 9.53 Å². The van der Waals surface area contributed by atoms with Gasteiger partial charge in [0.15, 0.2) is 5.65 Å². The van der Waals surface area contributed by atoms with E-state index < -0.39 is 0 Å². The van der Waals surface area contributed by atoms with Gasteiger partial charge in [-0.05, 0) is 18.9 Å². The number of hydrogen-bond acceptors (Lipinski definition) is 5. The number of methoxy groups -OCH3 is 1. The monoisotopic (exact) mass is 352 g/mol. The number of ether oxygens (including phenoxy) is 1. The average Bonchev–Trinajstić information content (AvgIpc) is 3.12. The van der Waals surface area contributed by atoms with Crippen LogP contribution < -0.4 is 5.32 Å². The van der Waals surface area contributed by atoms with E-state index >= 15 is 0 Å². The first kappa shape index (κ1) is 17.6. The van der Waals surface area contributed by atoms with E-state index in [2.05, 4.69) is 20.1 Å². The molecule has 7 heteroatoms. The fourth-order valence-corrected chi connectivity index (χ4v) is 2.67. The Balaban J connectivity index is 1.69. The maximum Gasteiger partial charge on any atom is 0.305 e. The van der Waals surface area contributed by atoms with Crippen LogP contribution in [0.3, 0.4) is 0 Å². The van der Waals surface area contributed by atoms with Crippen LogP contribution in [0.15, 0.2) is 48.8 Å². The molecule has 1 aromatic carbocycles. The molecule has 0 aliphatic heterocycles. The van der Waals surface area contributed by atoms with Gasteiger partial charge in [-0.3, -0.25) is 9.59 Å². The third-order valence-electron chi connectivity index (χ3n) is 4.04. The van der Waals surface area contributed by atoms with Gasteiger partial charge in [-0.2, -0.15) is 5.10 Å². The van der Waals surface area contributed by atoms with Crippen LogP contribution in [0.4, 0.5) is 0 Å². The predicted octanol–water partition coefficient (Wildman–Crippen LogP) is 2.47. The van der Waals surface area contributed by atoms with E-state index in [1.165, 1.54) is 13.3 Å². The highest BCUT2D eigenvalue weighted by Crippen LogP contribution is 2.20. The first-order valence-electron chi connectivity index (χ1n) is 8.44. The molecule has 0 aliphatic rings. The number of hydrogen-bond donors (Lipinski definition) is 1. The number of nitrogens with zero attached hydrogens (tertiary/aromatic N) is 3. The summed E-state index contributed by atoms with van der Waals surface area (Å²) in [5.74, 6) is -0.465. The van der Waals surface area contributed by atoms with Gasteiger partial charge in [0, 0.05) is 24.7 Å². The smallest absolute Gasteiger partial charge is 0.305 e. The number of carbonyl (C=O) groups is 2. The zero-order valence-corrected chi connectivity index (χ0v) is 14.5. The normalized spacial score (nSPS) is 10.7. The zero-order chi connectivity index (χ0) is 18.4. The molecule has 2 heterocycles. The molecule has 0 saturated heterocycles. The van der Waals surface area contributed by atoms with Gasteiger partial charge in [0.2, 0.25) is 0 Å².